The van der Waals surface area contributed by atoms with Crippen LogP contribution in [0.4, 0.5) is 5.69 Å². The molecule has 2 amide bonds. The van der Waals surface area contributed by atoms with Crippen molar-refractivity contribution in [2.45, 2.75) is 37.0 Å². The second-order valence-corrected chi connectivity index (χ2v) is 9.69. The van der Waals surface area contributed by atoms with Gasteiger partial charge in [0.2, 0.25) is 21.8 Å². The summed E-state index contributed by atoms with van der Waals surface area (Å²) in [5.74, 6) is -0.322. The summed E-state index contributed by atoms with van der Waals surface area (Å²) >= 11 is 0. The van der Waals surface area contributed by atoms with E-state index < -0.39 is 15.6 Å². The van der Waals surface area contributed by atoms with Crippen molar-refractivity contribution in [2.24, 2.45) is 0 Å². The second kappa shape index (κ2) is 6.06. The van der Waals surface area contributed by atoms with Gasteiger partial charge < -0.3 is 9.80 Å². The normalized spacial score (nSPS) is 27.3. The highest BCUT2D eigenvalue weighted by Gasteiger charge is 2.54. The molecule has 1 unspecified atom stereocenters. The number of benzene rings is 1. The maximum absolute atomic E-state index is 12.7. The van der Waals surface area contributed by atoms with E-state index in [9.17, 15) is 18.0 Å². The highest BCUT2D eigenvalue weighted by molar-refractivity contribution is 7.90. The van der Waals surface area contributed by atoms with Crippen molar-refractivity contribution in [1.82, 2.24) is 9.21 Å². The molecule has 1 spiro atoms. The molecule has 1 aromatic rings. The Labute approximate surface area is 153 Å². The van der Waals surface area contributed by atoms with Crippen LogP contribution >= 0.6 is 0 Å². The number of carbonyl (C=O) groups excluding carboxylic acids is 2. The molecule has 26 heavy (non-hydrogen) atoms. The molecular formula is C18H23N3O4S. The highest BCUT2D eigenvalue weighted by Crippen LogP contribution is 2.39. The molecule has 2 heterocycles. The first kappa shape index (κ1) is 17.5. The Hall–Kier alpha value is -1.93. The van der Waals surface area contributed by atoms with E-state index in [2.05, 4.69) is 0 Å². The van der Waals surface area contributed by atoms with Gasteiger partial charge in [0.05, 0.1) is 17.3 Å². The molecule has 4 rings (SSSR count). The van der Waals surface area contributed by atoms with Gasteiger partial charge in [0.15, 0.2) is 0 Å². The predicted octanol–water partition coefficient (Wildman–Crippen LogP) is 0.818. The maximum atomic E-state index is 12.7. The molecule has 1 saturated carbocycles. The SMILES string of the molecule is CC(=O)N1CC(=O)N(c2ccccc2)CC12CCN(S(=O)(=O)C1CC1)C2. The molecule has 1 aromatic carbocycles. The lowest BCUT2D eigenvalue weighted by Gasteiger charge is -2.48. The minimum atomic E-state index is -3.29. The average Bonchev–Trinajstić information content (AvgIpc) is 3.39. The molecule has 140 valence electrons. The monoisotopic (exact) mass is 377 g/mol. The first-order valence-corrected chi connectivity index (χ1v) is 10.5. The van der Waals surface area contributed by atoms with Crippen molar-refractivity contribution in [3.63, 3.8) is 0 Å². The number of rotatable bonds is 3. The fraction of sp³-hybridized carbons (Fsp3) is 0.556. The summed E-state index contributed by atoms with van der Waals surface area (Å²) in [5, 5.41) is -0.265. The number of carbonyl (C=O) groups is 2. The molecular weight excluding hydrogens is 354 g/mol. The van der Waals surface area contributed by atoms with E-state index in [0.717, 1.165) is 18.5 Å². The van der Waals surface area contributed by atoms with Gasteiger partial charge in [-0.15, -0.1) is 0 Å². The topological polar surface area (TPSA) is 78.0 Å². The Balaban J connectivity index is 1.65. The summed E-state index contributed by atoms with van der Waals surface area (Å²) in [4.78, 5) is 28.2. The number of para-hydroxylation sites is 1. The molecule has 1 atom stereocenters. The van der Waals surface area contributed by atoms with Gasteiger partial charge in [-0.1, -0.05) is 18.2 Å². The molecule has 2 saturated heterocycles. The number of nitrogens with zero attached hydrogens (tertiary/aromatic N) is 3. The summed E-state index contributed by atoms with van der Waals surface area (Å²) in [6.45, 7) is 2.43. The van der Waals surface area contributed by atoms with Crippen molar-refractivity contribution in [1.29, 1.82) is 0 Å². The van der Waals surface area contributed by atoms with E-state index in [1.165, 1.54) is 11.2 Å². The molecule has 8 heteroatoms. The minimum absolute atomic E-state index is 0.0124. The highest BCUT2D eigenvalue weighted by atomic mass is 32.2. The van der Waals surface area contributed by atoms with Crippen LogP contribution < -0.4 is 4.90 Å². The minimum Gasteiger partial charge on any atom is -0.325 e. The van der Waals surface area contributed by atoms with Crippen molar-refractivity contribution < 1.29 is 18.0 Å². The van der Waals surface area contributed by atoms with Crippen LogP contribution in [0.15, 0.2) is 30.3 Å². The fourth-order valence-electron chi connectivity index (χ4n) is 4.11. The number of anilines is 1. The second-order valence-electron chi connectivity index (χ2n) is 7.47. The van der Waals surface area contributed by atoms with Crippen LogP contribution in [0.3, 0.4) is 0 Å². The third-order valence-electron chi connectivity index (χ3n) is 5.67. The summed E-state index contributed by atoms with van der Waals surface area (Å²) in [6, 6.07) is 9.34. The predicted molar refractivity (Wildman–Crippen MR) is 97.0 cm³/mol. The Morgan fingerprint density at radius 2 is 1.85 bits per heavy atom. The summed E-state index contributed by atoms with van der Waals surface area (Å²) in [7, 11) is -3.29. The lowest BCUT2D eigenvalue weighted by molar-refractivity contribution is -0.142. The molecule has 0 aromatic heterocycles. The maximum Gasteiger partial charge on any atom is 0.246 e. The zero-order valence-corrected chi connectivity index (χ0v) is 15.6. The van der Waals surface area contributed by atoms with Gasteiger partial charge in [0.25, 0.3) is 0 Å². The number of amides is 2. The fourth-order valence-corrected chi connectivity index (χ4v) is 6.03. The molecule has 0 bridgehead atoms. The summed E-state index contributed by atoms with van der Waals surface area (Å²) in [6.07, 6.45) is 1.99. The van der Waals surface area contributed by atoms with E-state index in [1.54, 1.807) is 9.80 Å². The number of hydrogen-bond acceptors (Lipinski definition) is 4. The zero-order valence-electron chi connectivity index (χ0n) is 14.8. The van der Waals surface area contributed by atoms with Gasteiger partial charge in [-0.2, -0.15) is 4.31 Å². The molecule has 2 aliphatic heterocycles. The zero-order chi connectivity index (χ0) is 18.5. The van der Waals surface area contributed by atoms with Crippen molar-refractivity contribution in [2.75, 3.05) is 31.1 Å². The third-order valence-corrected chi connectivity index (χ3v) is 8.02. The van der Waals surface area contributed by atoms with Gasteiger partial charge in [-0.3, -0.25) is 9.59 Å². The molecule has 0 radical (unpaired) electrons. The lowest BCUT2D eigenvalue weighted by Crippen LogP contribution is -2.67. The van der Waals surface area contributed by atoms with Crippen LogP contribution in [0.1, 0.15) is 26.2 Å². The largest absolute Gasteiger partial charge is 0.325 e. The Bertz CT molecular complexity index is 837. The van der Waals surface area contributed by atoms with Gasteiger partial charge in [0, 0.05) is 25.7 Å². The molecule has 1 aliphatic carbocycles. The first-order chi connectivity index (χ1) is 12.3. The number of hydrogen-bond donors (Lipinski definition) is 0. The molecule has 3 aliphatic rings. The van der Waals surface area contributed by atoms with Gasteiger partial charge in [-0.05, 0) is 31.4 Å². The molecule has 7 nitrogen and oxygen atoms in total. The Morgan fingerprint density at radius 3 is 2.46 bits per heavy atom. The number of sulfonamides is 1. The Morgan fingerprint density at radius 1 is 1.15 bits per heavy atom. The molecule has 0 N–H and O–H groups in total. The van der Waals surface area contributed by atoms with Gasteiger partial charge >= 0.3 is 0 Å². The van der Waals surface area contributed by atoms with Gasteiger partial charge in [0.1, 0.15) is 6.54 Å². The van der Waals surface area contributed by atoms with Crippen LogP contribution in [0.25, 0.3) is 0 Å². The van der Waals surface area contributed by atoms with Crippen molar-refractivity contribution >= 4 is 27.5 Å². The van der Waals surface area contributed by atoms with Crippen LogP contribution in [0.2, 0.25) is 0 Å². The number of piperazine rings is 1. The van der Waals surface area contributed by atoms with Crippen LogP contribution in [-0.2, 0) is 19.6 Å². The summed E-state index contributed by atoms with van der Waals surface area (Å²) < 4.78 is 26.8. The van der Waals surface area contributed by atoms with E-state index in [-0.39, 0.29) is 30.2 Å². The van der Waals surface area contributed by atoms with Crippen molar-refractivity contribution in [3.8, 4) is 0 Å². The van der Waals surface area contributed by atoms with E-state index in [1.807, 2.05) is 30.3 Å². The van der Waals surface area contributed by atoms with E-state index in [0.29, 0.717) is 19.5 Å². The smallest absolute Gasteiger partial charge is 0.246 e. The quantitative estimate of drug-likeness (QED) is 0.781. The van der Waals surface area contributed by atoms with Crippen molar-refractivity contribution in [3.05, 3.63) is 30.3 Å². The third kappa shape index (κ3) is 2.81. The van der Waals surface area contributed by atoms with E-state index >= 15 is 0 Å². The van der Waals surface area contributed by atoms with Gasteiger partial charge in [-0.25, -0.2) is 8.42 Å². The Kier molecular flexibility index (Phi) is 4.07. The standard InChI is InChI=1S/C18H23N3O4S/c1-14(22)21-11-17(23)20(15-5-3-2-4-6-15)13-18(21)9-10-19(12-18)26(24,25)16-7-8-16/h2-6,16H,7-13H2,1H3. The average molecular weight is 377 g/mol. The molecule has 3 fully saturated rings. The van der Waals surface area contributed by atoms with E-state index in [4.69, 9.17) is 0 Å². The van der Waals surface area contributed by atoms with Crippen LogP contribution in [0.5, 0.6) is 0 Å². The lowest BCUT2D eigenvalue weighted by atomic mass is 9.92. The summed E-state index contributed by atoms with van der Waals surface area (Å²) in [5.41, 5.74) is 0.126. The van der Waals surface area contributed by atoms with Crippen LogP contribution in [-0.4, -0.2) is 66.4 Å². The van der Waals surface area contributed by atoms with Crippen LogP contribution in [0, 0.1) is 0 Å². The first-order valence-electron chi connectivity index (χ1n) is 8.96.